The maximum absolute atomic E-state index is 12.3. The molecule has 2 heterocycles. The van der Waals surface area contributed by atoms with Crippen LogP contribution in [0.2, 0.25) is 0 Å². The number of carboxylic acids is 1. The number of aryl methyl sites for hydroxylation is 1. The predicted octanol–water partition coefficient (Wildman–Crippen LogP) is 2.91. The third-order valence-electron chi connectivity index (χ3n) is 3.49. The average molecular weight is 287 g/mol. The second-order valence-electron chi connectivity index (χ2n) is 4.82. The first-order valence-corrected chi connectivity index (χ1v) is 7.07. The predicted molar refractivity (Wildman–Crippen MR) is 76.0 cm³/mol. The van der Waals surface area contributed by atoms with E-state index in [1.54, 1.807) is 11.0 Å². The summed E-state index contributed by atoms with van der Waals surface area (Å²) in [5.41, 5.74) is 2.69. The molecule has 0 fully saturated rings. The van der Waals surface area contributed by atoms with Crippen LogP contribution >= 0.6 is 11.3 Å². The van der Waals surface area contributed by atoms with E-state index in [2.05, 4.69) is 0 Å². The van der Waals surface area contributed by atoms with E-state index in [9.17, 15) is 9.59 Å². The number of carbonyl (C=O) groups is 2. The van der Waals surface area contributed by atoms with Crippen LogP contribution in [0.25, 0.3) is 0 Å². The van der Waals surface area contributed by atoms with Gasteiger partial charge in [0.25, 0.3) is 5.91 Å². The van der Waals surface area contributed by atoms with Crippen molar-refractivity contribution in [1.82, 2.24) is 4.90 Å². The molecular formula is C15H13NO3S. The Morgan fingerprint density at radius 3 is 2.80 bits per heavy atom. The number of aromatic carboxylic acids is 1. The summed E-state index contributed by atoms with van der Waals surface area (Å²) in [6, 6.07) is 9.24. The van der Waals surface area contributed by atoms with Gasteiger partial charge in [0.15, 0.2) is 0 Å². The van der Waals surface area contributed by atoms with Crippen molar-refractivity contribution in [3.05, 3.63) is 56.8 Å². The molecule has 4 nitrogen and oxygen atoms in total. The van der Waals surface area contributed by atoms with E-state index in [0.29, 0.717) is 18.0 Å². The van der Waals surface area contributed by atoms with E-state index < -0.39 is 5.97 Å². The molecule has 1 aliphatic heterocycles. The number of benzene rings is 1. The summed E-state index contributed by atoms with van der Waals surface area (Å²) in [6.45, 7) is 2.94. The fraction of sp³-hybridized carbons (Fsp3) is 0.200. The number of hydrogen-bond donors (Lipinski definition) is 1. The summed E-state index contributed by atoms with van der Waals surface area (Å²) in [4.78, 5) is 26.3. The van der Waals surface area contributed by atoms with E-state index in [1.807, 2.05) is 31.2 Å². The molecule has 0 bridgehead atoms. The summed E-state index contributed by atoms with van der Waals surface area (Å²) in [5.74, 6) is -0.900. The molecule has 1 N–H and O–H groups in total. The summed E-state index contributed by atoms with van der Waals surface area (Å²) in [6.07, 6.45) is 0. The van der Waals surface area contributed by atoms with Gasteiger partial charge in [0, 0.05) is 23.5 Å². The SMILES string of the molecule is Cc1sc(C(=O)O)cc1CN1Cc2ccccc2C1=O. The number of nitrogens with zero attached hydrogens (tertiary/aromatic N) is 1. The lowest BCUT2D eigenvalue weighted by molar-refractivity contribution is 0.0701. The van der Waals surface area contributed by atoms with Crippen molar-refractivity contribution in [2.24, 2.45) is 0 Å². The van der Waals surface area contributed by atoms with Crippen molar-refractivity contribution in [2.75, 3.05) is 0 Å². The van der Waals surface area contributed by atoms with Crippen molar-refractivity contribution in [3.8, 4) is 0 Å². The maximum atomic E-state index is 12.3. The van der Waals surface area contributed by atoms with Crippen molar-refractivity contribution in [1.29, 1.82) is 0 Å². The molecule has 20 heavy (non-hydrogen) atoms. The van der Waals surface area contributed by atoms with Gasteiger partial charge < -0.3 is 10.0 Å². The van der Waals surface area contributed by atoms with E-state index in [-0.39, 0.29) is 5.91 Å². The summed E-state index contributed by atoms with van der Waals surface area (Å²) < 4.78 is 0. The first-order chi connectivity index (χ1) is 9.56. The van der Waals surface area contributed by atoms with Gasteiger partial charge in [-0.25, -0.2) is 4.79 Å². The van der Waals surface area contributed by atoms with Crippen LogP contribution in [0.4, 0.5) is 0 Å². The Hall–Kier alpha value is -2.14. The number of hydrogen-bond acceptors (Lipinski definition) is 3. The molecular weight excluding hydrogens is 274 g/mol. The Morgan fingerprint density at radius 1 is 1.40 bits per heavy atom. The molecule has 0 unspecified atom stereocenters. The molecule has 0 atom stereocenters. The Bertz CT molecular complexity index is 705. The monoisotopic (exact) mass is 287 g/mol. The first kappa shape index (κ1) is 12.9. The van der Waals surface area contributed by atoms with Gasteiger partial charge in [0.1, 0.15) is 4.88 Å². The van der Waals surface area contributed by atoms with Gasteiger partial charge in [0.2, 0.25) is 0 Å². The normalized spacial score (nSPS) is 13.7. The Kier molecular flexibility index (Phi) is 3.06. The molecule has 1 aromatic carbocycles. The average Bonchev–Trinajstić information content (AvgIpc) is 2.93. The first-order valence-electron chi connectivity index (χ1n) is 6.26. The van der Waals surface area contributed by atoms with Crippen LogP contribution < -0.4 is 0 Å². The minimum absolute atomic E-state index is 0.0167. The molecule has 1 amide bonds. The van der Waals surface area contributed by atoms with E-state index in [4.69, 9.17) is 5.11 Å². The minimum atomic E-state index is -0.916. The Morgan fingerprint density at radius 2 is 2.15 bits per heavy atom. The number of carbonyl (C=O) groups excluding carboxylic acids is 1. The van der Waals surface area contributed by atoms with Crippen LogP contribution in [0, 0.1) is 6.92 Å². The molecule has 0 spiro atoms. The highest BCUT2D eigenvalue weighted by atomic mass is 32.1. The third kappa shape index (κ3) is 2.10. The number of rotatable bonds is 3. The standard InChI is InChI=1S/C15H13NO3S/c1-9-11(6-13(20-9)15(18)19)8-16-7-10-4-2-3-5-12(10)14(16)17/h2-6H,7-8H2,1H3,(H,18,19). The summed E-state index contributed by atoms with van der Waals surface area (Å²) >= 11 is 1.25. The molecule has 3 rings (SSSR count). The van der Waals surface area contributed by atoms with Crippen LogP contribution in [-0.2, 0) is 13.1 Å². The molecule has 0 saturated carbocycles. The molecule has 1 aromatic heterocycles. The van der Waals surface area contributed by atoms with Gasteiger partial charge in [-0.2, -0.15) is 0 Å². The minimum Gasteiger partial charge on any atom is -0.477 e. The zero-order valence-electron chi connectivity index (χ0n) is 10.9. The topological polar surface area (TPSA) is 57.6 Å². The molecule has 102 valence electrons. The van der Waals surface area contributed by atoms with Gasteiger partial charge in [-0.1, -0.05) is 18.2 Å². The maximum Gasteiger partial charge on any atom is 0.345 e. The fourth-order valence-electron chi connectivity index (χ4n) is 2.43. The highest BCUT2D eigenvalue weighted by molar-refractivity contribution is 7.14. The van der Waals surface area contributed by atoms with E-state index in [0.717, 1.165) is 21.6 Å². The summed E-state index contributed by atoms with van der Waals surface area (Å²) in [7, 11) is 0. The molecule has 1 aliphatic rings. The van der Waals surface area contributed by atoms with Crippen molar-refractivity contribution in [2.45, 2.75) is 20.0 Å². The lowest BCUT2D eigenvalue weighted by Gasteiger charge is -2.15. The molecule has 0 radical (unpaired) electrons. The molecule has 2 aromatic rings. The van der Waals surface area contributed by atoms with Gasteiger partial charge in [-0.05, 0) is 30.2 Å². The zero-order chi connectivity index (χ0) is 14.3. The van der Waals surface area contributed by atoms with Crippen molar-refractivity contribution in [3.63, 3.8) is 0 Å². The second-order valence-corrected chi connectivity index (χ2v) is 6.07. The highest BCUT2D eigenvalue weighted by Crippen LogP contribution is 2.28. The smallest absolute Gasteiger partial charge is 0.345 e. The van der Waals surface area contributed by atoms with Crippen molar-refractivity contribution < 1.29 is 14.7 Å². The lowest BCUT2D eigenvalue weighted by Crippen LogP contribution is -2.23. The van der Waals surface area contributed by atoms with Gasteiger partial charge in [-0.15, -0.1) is 11.3 Å². The quantitative estimate of drug-likeness (QED) is 0.944. The number of amides is 1. The third-order valence-corrected chi connectivity index (χ3v) is 4.57. The van der Waals surface area contributed by atoms with Gasteiger partial charge in [0.05, 0.1) is 0 Å². The number of thiophene rings is 1. The number of carboxylic acid groups (broad SMARTS) is 1. The van der Waals surface area contributed by atoms with Crippen LogP contribution in [-0.4, -0.2) is 21.9 Å². The molecule has 0 saturated heterocycles. The second kappa shape index (κ2) is 4.76. The lowest BCUT2D eigenvalue weighted by atomic mass is 10.1. The van der Waals surface area contributed by atoms with Gasteiger partial charge >= 0.3 is 5.97 Å². The zero-order valence-corrected chi connectivity index (χ0v) is 11.7. The van der Waals surface area contributed by atoms with Crippen LogP contribution in [0.5, 0.6) is 0 Å². The highest BCUT2D eigenvalue weighted by Gasteiger charge is 2.27. The number of fused-ring (bicyclic) bond motifs is 1. The Balaban J connectivity index is 1.84. The summed E-state index contributed by atoms with van der Waals surface area (Å²) in [5, 5.41) is 9.01. The van der Waals surface area contributed by atoms with Gasteiger partial charge in [-0.3, -0.25) is 4.79 Å². The van der Waals surface area contributed by atoms with Crippen LogP contribution in [0.3, 0.4) is 0 Å². The van der Waals surface area contributed by atoms with Crippen LogP contribution in [0.1, 0.15) is 36.0 Å². The Labute approximate surface area is 120 Å². The van der Waals surface area contributed by atoms with Crippen molar-refractivity contribution >= 4 is 23.2 Å². The largest absolute Gasteiger partial charge is 0.477 e. The van der Waals surface area contributed by atoms with E-state index in [1.165, 1.54) is 11.3 Å². The van der Waals surface area contributed by atoms with Crippen LogP contribution in [0.15, 0.2) is 30.3 Å². The van der Waals surface area contributed by atoms with E-state index >= 15 is 0 Å². The fourth-order valence-corrected chi connectivity index (χ4v) is 3.30. The molecule has 0 aliphatic carbocycles. The molecule has 5 heteroatoms.